The van der Waals surface area contributed by atoms with Crippen molar-refractivity contribution < 1.29 is 19.5 Å². The molecule has 0 spiro atoms. The van der Waals surface area contributed by atoms with Gasteiger partial charge in [-0.2, -0.15) is 0 Å². The number of halogens is 1. The van der Waals surface area contributed by atoms with E-state index in [4.69, 9.17) is 5.11 Å². The largest absolute Gasteiger partial charge is 0.465 e. The van der Waals surface area contributed by atoms with Crippen molar-refractivity contribution >= 4 is 28.8 Å². The highest BCUT2D eigenvalue weighted by molar-refractivity contribution is 6.13. The smallest absolute Gasteiger partial charge is 0.411 e. The summed E-state index contributed by atoms with van der Waals surface area (Å²) in [4.78, 5) is 17.5. The van der Waals surface area contributed by atoms with Gasteiger partial charge in [-0.15, -0.1) is 0 Å². The summed E-state index contributed by atoms with van der Waals surface area (Å²) in [5, 5.41) is 23.4. The first-order valence-electron chi connectivity index (χ1n) is 6.55. The second kappa shape index (κ2) is 5.76. The molecule has 1 aromatic heterocycles. The zero-order valence-electron chi connectivity index (χ0n) is 11.6. The molecule has 0 fully saturated rings. The normalized spacial score (nSPS) is 11.6. The Balaban J connectivity index is 2.01. The number of nitrogens with zero attached hydrogens (tertiary/aromatic N) is 2. The Morgan fingerprint density at radius 1 is 1.17 bits per heavy atom. The van der Waals surface area contributed by atoms with E-state index < -0.39 is 6.09 Å². The maximum atomic E-state index is 13.0. The molecule has 1 amide bonds. The minimum Gasteiger partial charge on any atom is -0.465 e. The maximum Gasteiger partial charge on any atom is 0.411 e. The molecule has 0 aliphatic rings. The van der Waals surface area contributed by atoms with Gasteiger partial charge in [0, 0.05) is 11.1 Å². The average Bonchev–Trinajstić information content (AvgIpc) is 2.90. The molecule has 0 saturated carbocycles. The fourth-order valence-electron chi connectivity index (χ4n) is 2.21. The number of carbonyl (C=O) groups is 1. The molecule has 3 aromatic rings. The first-order chi connectivity index (χ1) is 11.1. The number of fused-ring (bicyclic) bond motifs is 1. The summed E-state index contributed by atoms with van der Waals surface area (Å²) in [7, 11) is 0. The summed E-state index contributed by atoms with van der Waals surface area (Å²) in [6, 6.07) is 10.5. The van der Waals surface area contributed by atoms with E-state index in [1.54, 1.807) is 18.2 Å². The van der Waals surface area contributed by atoms with Crippen molar-refractivity contribution in [1.29, 1.82) is 0 Å². The molecular formula is C15H11FN4O3. The van der Waals surface area contributed by atoms with Crippen LogP contribution in [0.15, 0.2) is 47.6 Å². The van der Waals surface area contributed by atoms with E-state index >= 15 is 0 Å². The number of oxime groups is 1. The molecule has 0 aliphatic carbocycles. The monoisotopic (exact) mass is 314 g/mol. The molecule has 0 radical (unpaired) electrons. The van der Waals surface area contributed by atoms with E-state index in [-0.39, 0.29) is 17.5 Å². The van der Waals surface area contributed by atoms with Crippen LogP contribution >= 0.6 is 0 Å². The number of hydrogen-bond donors (Lipinski definition) is 4. The van der Waals surface area contributed by atoms with Crippen molar-refractivity contribution in [3.05, 3.63) is 59.4 Å². The SMILES string of the molecule is O=C(O)Nc1nc2ccc(/C(=N\O)c3ccc(F)cc3)cc2[nH]1. The molecule has 2 aromatic carbocycles. The number of imidazole rings is 1. The van der Waals surface area contributed by atoms with E-state index in [1.807, 2.05) is 0 Å². The Hall–Kier alpha value is -3.42. The molecule has 7 nitrogen and oxygen atoms in total. The maximum absolute atomic E-state index is 13.0. The third-order valence-corrected chi connectivity index (χ3v) is 3.20. The molecular weight excluding hydrogens is 303 g/mol. The van der Waals surface area contributed by atoms with Crippen molar-refractivity contribution in [2.45, 2.75) is 0 Å². The zero-order valence-corrected chi connectivity index (χ0v) is 11.6. The van der Waals surface area contributed by atoms with Crippen molar-refractivity contribution in [3.8, 4) is 0 Å². The number of rotatable bonds is 3. The number of nitrogens with one attached hydrogen (secondary N) is 2. The third-order valence-electron chi connectivity index (χ3n) is 3.20. The Morgan fingerprint density at radius 2 is 1.87 bits per heavy atom. The molecule has 116 valence electrons. The van der Waals surface area contributed by atoms with Gasteiger partial charge in [0.25, 0.3) is 0 Å². The number of H-pyrrole nitrogens is 1. The minimum absolute atomic E-state index is 0.0916. The van der Waals surface area contributed by atoms with Crippen LogP contribution in [0.25, 0.3) is 11.0 Å². The summed E-state index contributed by atoms with van der Waals surface area (Å²) in [6.45, 7) is 0. The van der Waals surface area contributed by atoms with Crippen molar-refractivity contribution in [1.82, 2.24) is 9.97 Å². The number of amides is 1. The molecule has 8 heteroatoms. The van der Waals surface area contributed by atoms with Crippen molar-refractivity contribution in [2.75, 3.05) is 5.32 Å². The lowest BCUT2D eigenvalue weighted by molar-refractivity contribution is 0.209. The van der Waals surface area contributed by atoms with Gasteiger partial charge in [-0.3, -0.25) is 5.32 Å². The Kier molecular flexibility index (Phi) is 3.63. The van der Waals surface area contributed by atoms with Crippen LogP contribution in [0, 0.1) is 5.82 Å². The lowest BCUT2D eigenvalue weighted by Gasteiger charge is -2.05. The van der Waals surface area contributed by atoms with E-state index in [9.17, 15) is 14.4 Å². The summed E-state index contributed by atoms with van der Waals surface area (Å²) < 4.78 is 13.0. The number of aromatic amines is 1. The number of carboxylic acid groups (broad SMARTS) is 1. The Labute approximate surface area is 129 Å². The van der Waals surface area contributed by atoms with Crippen LogP contribution in [0.3, 0.4) is 0 Å². The molecule has 1 heterocycles. The standard InChI is InChI=1S/C15H11FN4O3/c16-10-4-1-8(2-5-10)13(20-23)9-3-6-11-12(7-9)18-14(17-11)19-15(21)22/h1-7,23H,(H,21,22)(H2,17,18,19)/b20-13-. The van der Waals surface area contributed by atoms with E-state index in [2.05, 4.69) is 20.4 Å². The third kappa shape index (κ3) is 2.95. The van der Waals surface area contributed by atoms with Gasteiger partial charge < -0.3 is 15.3 Å². The number of anilines is 1. The lowest BCUT2D eigenvalue weighted by atomic mass is 10.0. The van der Waals surface area contributed by atoms with E-state index in [1.165, 1.54) is 24.3 Å². The summed E-state index contributed by atoms with van der Waals surface area (Å²) in [5.41, 5.74) is 2.48. The number of aromatic nitrogens is 2. The molecule has 0 atom stereocenters. The quantitative estimate of drug-likeness (QED) is 0.338. The topological polar surface area (TPSA) is 111 Å². The first kappa shape index (κ1) is 14.5. The van der Waals surface area contributed by atoms with Gasteiger partial charge >= 0.3 is 6.09 Å². The van der Waals surface area contributed by atoms with Crippen LogP contribution in [-0.2, 0) is 0 Å². The van der Waals surface area contributed by atoms with Crippen molar-refractivity contribution in [2.24, 2.45) is 5.16 Å². The second-order valence-corrected chi connectivity index (χ2v) is 4.70. The van der Waals surface area contributed by atoms with Gasteiger partial charge in [-0.1, -0.05) is 11.2 Å². The molecule has 23 heavy (non-hydrogen) atoms. The van der Waals surface area contributed by atoms with Crippen LogP contribution in [0.5, 0.6) is 0 Å². The molecule has 3 rings (SSSR count). The fraction of sp³-hybridized carbons (Fsp3) is 0. The minimum atomic E-state index is -1.23. The molecule has 0 aliphatic heterocycles. The number of benzene rings is 2. The van der Waals surface area contributed by atoms with Gasteiger partial charge in [0.2, 0.25) is 5.95 Å². The van der Waals surface area contributed by atoms with Gasteiger partial charge in [0.05, 0.1) is 11.0 Å². The van der Waals surface area contributed by atoms with Gasteiger partial charge in [-0.05, 0) is 36.4 Å². The van der Waals surface area contributed by atoms with Crippen LogP contribution in [0.4, 0.5) is 15.1 Å². The highest BCUT2D eigenvalue weighted by atomic mass is 19.1. The van der Waals surface area contributed by atoms with Gasteiger partial charge in [0.15, 0.2) is 0 Å². The van der Waals surface area contributed by atoms with E-state index in [0.717, 1.165) is 0 Å². The highest BCUT2D eigenvalue weighted by Crippen LogP contribution is 2.19. The predicted molar refractivity (Wildman–Crippen MR) is 81.6 cm³/mol. The summed E-state index contributed by atoms with van der Waals surface area (Å²) in [5.74, 6) is -0.298. The second-order valence-electron chi connectivity index (χ2n) is 4.70. The fourth-order valence-corrected chi connectivity index (χ4v) is 2.21. The molecule has 0 bridgehead atoms. The molecule has 4 N–H and O–H groups in total. The van der Waals surface area contributed by atoms with Gasteiger partial charge in [-0.25, -0.2) is 14.2 Å². The van der Waals surface area contributed by atoms with Crippen molar-refractivity contribution in [3.63, 3.8) is 0 Å². The zero-order chi connectivity index (χ0) is 16.4. The van der Waals surface area contributed by atoms with Crippen LogP contribution < -0.4 is 5.32 Å². The Bertz CT molecular complexity index is 903. The molecule has 0 saturated heterocycles. The Morgan fingerprint density at radius 3 is 2.52 bits per heavy atom. The van der Waals surface area contributed by atoms with Crippen LogP contribution in [-0.4, -0.2) is 32.1 Å². The lowest BCUT2D eigenvalue weighted by Crippen LogP contribution is -2.08. The first-order valence-corrected chi connectivity index (χ1v) is 6.55. The predicted octanol–water partition coefficient (Wildman–Crippen LogP) is 3.02. The van der Waals surface area contributed by atoms with Crippen LogP contribution in [0.2, 0.25) is 0 Å². The van der Waals surface area contributed by atoms with Crippen LogP contribution in [0.1, 0.15) is 11.1 Å². The van der Waals surface area contributed by atoms with Gasteiger partial charge in [0.1, 0.15) is 11.5 Å². The average molecular weight is 314 g/mol. The number of hydrogen-bond acceptors (Lipinski definition) is 4. The highest BCUT2D eigenvalue weighted by Gasteiger charge is 2.11. The summed E-state index contributed by atoms with van der Waals surface area (Å²) in [6.07, 6.45) is -1.23. The van der Waals surface area contributed by atoms with E-state index in [0.29, 0.717) is 22.2 Å². The molecule has 0 unspecified atom stereocenters. The summed E-state index contributed by atoms with van der Waals surface area (Å²) >= 11 is 0.